The molecule has 25 heavy (non-hydrogen) atoms. The van der Waals surface area contributed by atoms with Gasteiger partial charge in [-0.25, -0.2) is 4.79 Å². The van der Waals surface area contributed by atoms with Crippen molar-refractivity contribution in [3.8, 4) is 0 Å². The Balaban J connectivity index is 1.82. The molecule has 6 heteroatoms. The molecule has 6 nitrogen and oxygen atoms in total. The van der Waals surface area contributed by atoms with Crippen molar-refractivity contribution in [3.05, 3.63) is 71.8 Å². The van der Waals surface area contributed by atoms with Gasteiger partial charge in [0.25, 0.3) is 0 Å². The highest BCUT2D eigenvalue weighted by atomic mass is 17.0. The Labute approximate surface area is 145 Å². The first-order chi connectivity index (χ1) is 12.3. The maximum absolute atomic E-state index is 11.6. The molecule has 2 aliphatic heterocycles. The van der Waals surface area contributed by atoms with E-state index in [4.69, 9.17) is 14.4 Å². The molecule has 2 aromatic carbocycles. The molecular weight excluding hydrogens is 322 g/mol. The standard InChI is InChI=1S/C19H19NO5/c1-22-18(21)25-20-17-14(13-24-20)12-23-19(17,15-8-4-2-5-9-15)16-10-6-3-7-11-16/h2-11,14,17H,12-13H2,1H3/t14-,17+/m0/s1. The third kappa shape index (κ3) is 2.59. The third-order valence-electron chi connectivity index (χ3n) is 4.77. The Morgan fingerprint density at radius 2 is 1.64 bits per heavy atom. The van der Waals surface area contributed by atoms with Crippen molar-refractivity contribution in [2.24, 2.45) is 5.92 Å². The zero-order chi connectivity index (χ0) is 17.3. The zero-order valence-corrected chi connectivity index (χ0v) is 13.8. The van der Waals surface area contributed by atoms with Crippen molar-refractivity contribution in [2.45, 2.75) is 11.6 Å². The van der Waals surface area contributed by atoms with Crippen LogP contribution in [-0.2, 0) is 24.7 Å². The summed E-state index contributed by atoms with van der Waals surface area (Å²) in [5.41, 5.74) is 1.17. The average Bonchev–Trinajstić information content (AvgIpc) is 3.25. The topological polar surface area (TPSA) is 57.2 Å². The van der Waals surface area contributed by atoms with Crippen molar-refractivity contribution >= 4 is 6.16 Å². The fourth-order valence-corrected chi connectivity index (χ4v) is 3.70. The van der Waals surface area contributed by atoms with E-state index in [1.807, 2.05) is 60.7 Å². The van der Waals surface area contributed by atoms with E-state index in [0.717, 1.165) is 11.1 Å². The molecule has 0 saturated carbocycles. The lowest BCUT2D eigenvalue weighted by Crippen LogP contribution is -2.48. The van der Waals surface area contributed by atoms with Crippen LogP contribution in [0.2, 0.25) is 0 Å². The van der Waals surface area contributed by atoms with E-state index < -0.39 is 11.8 Å². The number of hydroxylamine groups is 2. The van der Waals surface area contributed by atoms with Crippen LogP contribution >= 0.6 is 0 Å². The Kier molecular flexibility index (Phi) is 4.17. The molecule has 0 aromatic heterocycles. The SMILES string of the molecule is COC(=O)ON1OC[C@@H]2COC(c3ccccc3)(c3ccccc3)[C@@H]21. The smallest absolute Gasteiger partial charge is 0.436 e. The van der Waals surface area contributed by atoms with Gasteiger partial charge in [0, 0.05) is 5.92 Å². The number of hydrogen-bond donors (Lipinski definition) is 0. The van der Waals surface area contributed by atoms with Gasteiger partial charge in [-0.05, 0) is 16.4 Å². The maximum Gasteiger partial charge on any atom is 0.529 e. The van der Waals surface area contributed by atoms with E-state index in [1.165, 1.54) is 12.3 Å². The Bertz CT molecular complexity index is 696. The second kappa shape index (κ2) is 6.48. The number of carbonyl (C=O) groups is 1. The molecule has 0 spiro atoms. The second-order valence-electron chi connectivity index (χ2n) is 6.11. The number of nitrogens with zero attached hydrogens (tertiary/aromatic N) is 1. The molecule has 0 amide bonds. The van der Waals surface area contributed by atoms with Crippen LogP contribution in [0, 0.1) is 5.92 Å². The van der Waals surface area contributed by atoms with Crippen LogP contribution in [0.5, 0.6) is 0 Å². The molecule has 0 unspecified atom stereocenters. The van der Waals surface area contributed by atoms with Gasteiger partial charge in [-0.2, -0.15) is 0 Å². The summed E-state index contributed by atoms with van der Waals surface area (Å²) in [4.78, 5) is 22.5. The van der Waals surface area contributed by atoms with Crippen molar-refractivity contribution in [1.82, 2.24) is 5.23 Å². The monoisotopic (exact) mass is 341 g/mol. The van der Waals surface area contributed by atoms with Crippen LogP contribution in [-0.4, -0.2) is 37.7 Å². The van der Waals surface area contributed by atoms with Gasteiger partial charge in [-0.3, -0.25) is 4.84 Å². The lowest BCUT2D eigenvalue weighted by atomic mass is 9.78. The van der Waals surface area contributed by atoms with Gasteiger partial charge in [0.2, 0.25) is 0 Å². The number of carbonyl (C=O) groups excluding carboxylic acids is 1. The van der Waals surface area contributed by atoms with Crippen LogP contribution in [0.15, 0.2) is 60.7 Å². The van der Waals surface area contributed by atoms with Crippen LogP contribution in [0.3, 0.4) is 0 Å². The second-order valence-corrected chi connectivity index (χ2v) is 6.11. The van der Waals surface area contributed by atoms with E-state index >= 15 is 0 Å². The molecular formula is C19H19NO5. The molecule has 2 saturated heterocycles. The summed E-state index contributed by atoms with van der Waals surface area (Å²) in [5, 5.41) is 1.24. The fraction of sp³-hybridized carbons (Fsp3) is 0.316. The predicted octanol–water partition coefficient (Wildman–Crippen LogP) is 2.89. The number of hydrogen-bond acceptors (Lipinski definition) is 6. The lowest BCUT2D eigenvalue weighted by molar-refractivity contribution is -0.343. The van der Waals surface area contributed by atoms with Crippen molar-refractivity contribution in [1.29, 1.82) is 0 Å². The normalized spacial score (nSPS) is 24.7. The fourth-order valence-electron chi connectivity index (χ4n) is 3.70. The molecule has 2 aliphatic rings. The van der Waals surface area contributed by atoms with Crippen molar-refractivity contribution in [2.75, 3.05) is 20.3 Å². The molecule has 2 atom stereocenters. The Morgan fingerprint density at radius 1 is 1.04 bits per heavy atom. The third-order valence-corrected chi connectivity index (χ3v) is 4.77. The Morgan fingerprint density at radius 3 is 2.20 bits per heavy atom. The van der Waals surface area contributed by atoms with Crippen molar-refractivity contribution in [3.63, 3.8) is 0 Å². The van der Waals surface area contributed by atoms with E-state index in [9.17, 15) is 4.79 Å². The molecule has 0 N–H and O–H groups in total. The van der Waals surface area contributed by atoms with Crippen LogP contribution in [0.4, 0.5) is 4.79 Å². The maximum atomic E-state index is 11.6. The summed E-state index contributed by atoms with van der Waals surface area (Å²) in [5.74, 6) is 0.0741. The molecule has 130 valence electrons. The summed E-state index contributed by atoms with van der Waals surface area (Å²) < 4.78 is 11.0. The van der Waals surface area contributed by atoms with E-state index in [1.54, 1.807) is 0 Å². The highest BCUT2D eigenvalue weighted by Gasteiger charge is 2.60. The molecule has 2 fully saturated rings. The molecule has 0 aliphatic carbocycles. The first-order valence-electron chi connectivity index (χ1n) is 8.19. The van der Waals surface area contributed by atoms with Gasteiger partial charge in [-0.15, -0.1) is 0 Å². The summed E-state index contributed by atoms with van der Waals surface area (Å²) in [6.45, 7) is 0.929. The van der Waals surface area contributed by atoms with Gasteiger partial charge in [0.15, 0.2) is 0 Å². The van der Waals surface area contributed by atoms with E-state index in [-0.39, 0.29) is 12.0 Å². The summed E-state index contributed by atoms with van der Waals surface area (Å²) in [7, 11) is 1.27. The van der Waals surface area contributed by atoms with Crippen LogP contribution in [0.25, 0.3) is 0 Å². The number of ether oxygens (including phenoxy) is 2. The van der Waals surface area contributed by atoms with Crippen LogP contribution < -0.4 is 0 Å². The van der Waals surface area contributed by atoms with Gasteiger partial charge in [0.1, 0.15) is 11.6 Å². The minimum absolute atomic E-state index is 0.0741. The summed E-state index contributed by atoms with van der Waals surface area (Å²) in [6.07, 6.45) is -0.817. The highest BCUT2D eigenvalue weighted by Crippen LogP contribution is 2.49. The quantitative estimate of drug-likeness (QED) is 0.800. The number of fused-ring (bicyclic) bond motifs is 1. The lowest BCUT2D eigenvalue weighted by Gasteiger charge is -2.37. The molecule has 2 heterocycles. The van der Waals surface area contributed by atoms with Gasteiger partial charge in [0.05, 0.1) is 20.3 Å². The van der Waals surface area contributed by atoms with Crippen LogP contribution in [0.1, 0.15) is 11.1 Å². The van der Waals surface area contributed by atoms with Gasteiger partial charge in [-0.1, -0.05) is 60.7 Å². The summed E-state index contributed by atoms with van der Waals surface area (Å²) in [6, 6.07) is 19.6. The largest absolute Gasteiger partial charge is 0.529 e. The molecule has 0 radical (unpaired) electrons. The first-order valence-corrected chi connectivity index (χ1v) is 8.19. The predicted molar refractivity (Wildman–Crippen MR) is 88.2 cm³/mol. The van der Waals surface area contributed by atoms with Gasteiger partial charge >= 0.3 is 6.16 Å². The zero-order valence-electron chi connectivity index (χ0n) is 13.8. The Hall–Kier alpha value is -2.41. The number of methoxy groups -OCH3 is 1. The van der Waals surface area contributed by atoms with E-state index in [2.05, 4.69) is 4.74 Å². The van der Waals surface area contributed by atoms with Gasteiger partial charge < -0.3 is 14.3 Å². The molecule has 0 bridgehead atoms. The van der Waals surface area contributed by atoms with E-state index in [0.29, 0.717) is 13.2 Å². The number of rotatable bonds is 3. The number of benzene rings is 2. The average molecular weight is 341 g/mol. The first kappa shape index (κ1) is 16.1. The van der Waals surface area contributed by atoms with Crippen molar-refractivity contribution < 1.29 is 23.9 Å². The minimum atomic E-state index is -0.817. The minimum Gasteiger partial charge on any atom is -0.436 e. The summed E-state index contributed by atoms with van der Waals surface area (Å²) >= 11 is 0. The highest BCUT2D eigenvalue weighted by molar-refractivity contribution is 5.59. The molecule has 2 aromatic rings. The molecule has 4 rings (SSSR count).